The van der Waals surface area contributed by atoms with Crippen molar-refractivity contribution in [3.63, 3.8) is 0 Å². The molecule has 0 aliphatic heterocycles. The third-order valence-electron chi connectivity index (χ3n) is 3.01. The number of phenols is 2. The van der Waals surface area contributed by atoms with E-state index in [0.717, 1.165) is 18.6 Å². The van der Waals surface area contributed by atoms with Gasteiger partial charge in [-0.15, -0.1) is 0 Å². The molecule has 1 aromatic carbocycles. The third kappa shape index (κ3) is 3.54. The molecule has 0 saturated carbocycles. The molecule has 106 valence electrons. The minimum Gasteiger partial charge on any atom is -0.508 e. The summed E-state index contributed by atoms with van der Waals surface area (Å²) in [6, 6.07) is 7.49. The summed E-state index contributed by atoms with van der Waals surface area (Å²) >= 11 is 0. The maximum absolute atomic E-state index is 12.0. The van der Waals surface area contributed by atoms with Crippen molar-refractivity contribution in [3.05, 3.63) is 47.9 Å². The normalized spacial score (nSPS) is 12.1. The number of aromatic hydroxyl groups is 2. The van der Waals surface area contributed by atoms with Crippen LogP contribution in [0.25, 0.3) is 0 Å². The van der Waals surface area contributed by atoms with Gasteiger partial charge in [0.15, 0.2) is 0 Å². The minimum atomic E-state index is -0.412. The van der Waals surface area contributed by atoms with Gasteiger partial charge in [-0.2, -0.15) is 0 Å². The lowest BCUT2D eigenvalue weighted by Crippen LogP contribution is -2.32. The SMILES string of the molecule is CC(CCc1ccco1)NC(=O)c1cc(O)ccc1O. The predicted molar refractivity (Wildman–Crippen MR) is 73.7 cm³/mol. The van der Waals surface area contributed by atoms with Crippen LogP contribution >= 0.6 is 0 Å². The van der Waals surface area contributed by atoms with Crippen molar-refractivity contribution in [3.8, 4) is 11.5 Å². The third-order valence-corrected chi connectivity index (χ3v) is 3.01. The van der Waals surface area contributed by atoms with Crippen LogP contribution in [0.5, 0.6) is 11.5 Å². The van der Waals surface area contributed by atoms with Crippen molar-refractivity contribution < 1.29 is 19.4 Å². The van der Waals surface area contributed by atoms with Gasteiger partial charge in [0.25, 0.3) is 5.91 Å². The van der Waals surface area contributed by atoms with Crippen LogP contribution in [0, 0.1) is 0 Å². The number of carbonyl (C=O) groups is 1. The highest BCUT2D eigenvalue weighted by Gasteiger charge is 2.14. The molecule has 0 fully saturated rings. The highest BCUT2D eigenvalue weighted by atomic mass is 16.3. The maximum atomic E-state index is 12.0. The van der Waals surface area contributed by atoms with Gasteiger partial charge in [0.2, 0.25) is 0 Å². The molecule has 0 radical (unpaired) electrons. The average Bonchev–Trinajstić information content (AvgIpc) is 2.92. The van der Waals surface area contributed by atoms with E-state index in [-0.39, 0.29) is 23.1 Å². The Kier molecular flexibility index (Phi) is 4.30. The Hall–Kier alpha value is -2.43. The zero-order valence-electron chi connectivity index (χ0n) is 11.2. The first-order valence-electron chi connectivity index (χ1n) is 6.41. The van der Waals surface area contributed by atoms with Gasteiger partial charge in [-0.05, 0) is 43.7 Å². The molecule has 5 heteroatoms. The van der Waals surface area contributed by atoms with E-state index < -0.39 is 5.91 Å². The zero-order valence-corrected chi connectivity index (χ0v) is 11.2. The molecule has 5 nitrogen and oxygen atoms in total. The van der Waals surface area contributed by atoms with E-state index >= 15 is 0 Å². The van der Waals surface area contributed by atoms with Crippen LogP contribution in [-0.4, -0.2) is 22.2 Å². The lowest BCUT2D eigenvalue weighted by Gasteiger charge is -2.14. The number of carbonyl (C=O) groups excluding carboxylic acids is 1. The van der Waals surface area contributed by atoms with E-state index in [9.17, 15) is 15.0 Å². The molecule has 2 aromatic rings. The number of nitrogens with one attached hydrogen (secondary N) is 1. The van der Waals surface area contributed by atoms with Gasteiger partial charge in [-0.1, -0.05) is 0 Å². The number of aryl methyl sites for hydroxylation is 1. The lowest BCUT2D eigenvalue weighted by atomic mass is 10.1. The predicted octanol–water partition coefficient (Wildman–Crippen LogP) is 2.44. The van der Waals surface area contributed by atoms with Gasteiger partial charge in [-0.3, -0.25) is 4.79 Å². The van der Waals surface area contributed by atoms with Gasteiger partial charge in [0, 0.05) is 12.5 Å². The Labute approximate surface area is 116 Å². The molecule has 1 unspecified atom stereocenters. The number of hydrogen-bond donors (Lipinski definition) is 3. The Morgan fingerprint density at radius 1 is 1.35 bits per heavy atom. The molecule has 1 heterocycles. The van der Waals surface area contributed by atoms with Crippen molar-refractivity contribution in [1.82, 2.24) is 5.32 Å². The smallest absolute Gasteiger partial charge is 0.255 e. The van der Waals surface area contributed by atoms with Crippen LogP contribution in [0.3, 0.4) is 0 Å². The fraction of sp³-hybridized carbons (Fsp3) is 0.267. The Morgan fingerprint density at radius 3 is 2.85 bits per heavy atom. The number of amides is 1. The highest BCUT2D eigenvalue weighted by molar-refractivity contribution is 5.97. The summed E-state index contributed by atoms with van der Waals surface area (Å²) in [4.78, 5) is 12.0. The summed E-state index contributed by atoms with van der Waals surface area (Å²) in [6.45, 7) is 1.88. The first kappa shape index (κ1) is 14.0. The topological polar surface area (TPSA) is 82.7 Å². The van der Waals surface area contributed by atoms with Crippen LogP contribution < -0.4 is 5.32 Å². The summed E-state index contributed by atoms with van der Waals surface area (Å²) in [7, 11) is 0. The molecule has 2 rings (SSSR count). The summed E-state index contributed by atoms with van der Waals surface area (Å²) in [6.07, 6.45) is 3.06. The summed E-state index contributed by atoms with van der Waals surface area (Å²) < 4.78 is 5.22. The van der Waals surface area contributed by atoms with Gasteiger partial charge in [0.05, 0.1) is 11.8 Å². The van der Waals surface area contributed by atoms with E-state index in [1.807, 2.05) is 19.1 Å². The van der Waals surface area contributed by atoms with Crippen LogP contribution in [0.4, 0.5) is 0 Å². The fourth-order valence-electron chi connectivity index (χ4n) is 1.89. The molecule has 3 N–H and O–H groups in total. The molecule has 0 aliphatic carbocycles. The number of rotatable bonds is 5. The van der Waals surface area contributed by atoms with Crippen LogP contribution in [0.15, 0.2) is 41.0 Å². The van der Waals surface area contributed by atoms with Crippen molar-refractivity contribution in [2.24, 2.45) is 0 Å². The molecule has 0 bridgehead atoms. The minimum absolute atomic E-state index is 0.0591. The van der Waals surface area contributed by atoms with E-state index in [1.165, 1.54) is 18.2 Å². The standard InChI is InChI=1S/C15H17NO4/c1-10(4-6-12-3-2-8-20-12)16-15(19)13-9-11(17)5-7-14(13)18/h2-3,5,7-10,17-18H,4,6H2,1H3,(H,16,19). The Balaban J connectivity index is 1.91. The average molecular weight is 275 g/mol. The van der Waals surface area contributed by atoms with Crippen molar-refractivity contribution >= 4 is 5.91 Å². The molecule has 20 heavy (non-hydrogen) atoms. The maximum Gasteiger partial charge on any atom is 0.255 e. The Bertz CT molecular complexity index is 578. The molecular weight excluding hydrogens is 258 g/mol. The highest BCUT2D eigenvalue weighted by Crippen LogP contribution is 2.22. The lowest BCUT2D eigenvalue weighted by molar-refractivity contribution is 0.0935. The van der Waals surface area contributed by atoms with E-state index in [2.05, 4.69) is 5.32 Å². The summed E-state index contributed by atoms with van der Waals surface area (Å²) in [5, 5.41) is 21.7. The molecule has 1 aromatic heterocycles. The molecule has 1 amide bonds. The van der Waals surface area contributed by atoms with E-state index in [0.29, 0.717) is 0 Å². The van der Waals surface area contributed by atoms with E-state index in [1.54, 1.807) is 6.26 Å². The monoisotopic (exact) mass is 275 g/mol. The molecule has 0 saturated heterocycles. The van der Waals surface area contributed by atoms with Crippen molar-refractivity contribution in [2.45, 2.75) is 25.8 Å². The van der Waals surface area contributed by atoms with Gasteiger partial charge in [-0.25, -0.2) is 0 Å². The van der Waals surface area contributed by atoms with Crippen molar-refractivity contribution in [2.75, 3.05) is 0 Å². The number of hydrogen-bond acceptors (Lipinski definition) is 4. The van der Waals surface area contributed by atoms with Gasteiger partial charge >= 0.3 is 0 Å². The quantitative estimate of drug-likeness (QED) is 0.732. The number of phenolic OH excluding ortho intramolecular Hbond substituents is 2. The largest absolute Gasteiger partial charge is 0.508 e. The molecule has 0 aliphatic rings. The molecular formula is C15H17NO4. The second kappa shape index (κ2) is 6.14. The fourth-order valence-corrected chi connectivity index (χ4v) is 1.89. The van der Waals surface area contributed by atoms with Crippen LogP contribution in [0.1, 0.15) is 29.5 Å². The summed E-state index contributed by atoms with van der Waals surface area (Å²) in [5.41, 5.74) is 0.0647. The molecule has 1 atom stereocenters. The number of furan rings is 1. The van der Waals surface area contributed by atoms with Crippen LogP contribution in [-0.2, 0) is 6.42 Å². The van der Waals surface area contributed by atoms with E-state index in [4.69, 9.17) is 4.42 Å². The second-order valence-corrected chi connectivity index (χ2v) is 4.69. The second-order valence-electron chi connectivity index (χ2n) is 4.69. The van der Waals surface area contributed by atoms with Gasteiger partial charge < -0.3 is 19.9 Å². The zero-order chi connectivity index (χ0) is 14.5. The van der Waals surface area contributed by atoms with Crippen molar-refractivity contribution in [1.29, 1.82) is 0 Å². The Morgan fingerprint density at radius 2 is 2.15 bits per heavy atom. The first-order chi connectivity index (χ1) is 9.56. The van der Waals surface area contributed by atoms with Crippen LogP contribution in [0.2, 0.25) is 0 Å². The first-order valence-corrected chi connectivity index (χ1v) is 6.41. The molecule has 0 spiro atoms. The van der Waals surface area contributed by atoms with Gasteiger partial charge in [0.1, 0.15) is 17.3 Å². The number of benzene rings is 1. The summed E-state index contributed by atoms with van der Waals surface area (Å²) in [5.74, 6) is 0.242.